The standard InChI is InChI=1S/C23H28F2N4O4S/c1-15-28-20(16-2-4-17(5-3-16)29-10-12-34(31,32)13-11-29)21(33-15)18-6-7-23(24,25)14-19(18)22(30)27-9-8-26/h2-5,18-19,31-32H,6-7,9-14H2,1H3,(H,27,30)/t18-,19-/m1/s1. The number of rotatable bonds is 5. The van der Waals surface area contributed by atoms with E-state index in [9.17, 15) is 22.7 Å². The van der Waals surface area contributed by atoms with Crippen LogP contribution >= 0.6 is 10.6 Å². The van der Waals surface area contributed by atoms with Gasteiger partial charge in [0.05, 0.1) is 23.5 Å². The molecule has 0 bridgehead atoms. The molecular formula is C23H28F2N4O4S. The molecule has 8 nitrogen and oxygen atoms in total. The molecule has 1 aromatic carbocycles. The number of carbonyl (C=O) groups excluding carboxylic acids is 1. The lowest BCUT2D eigenvalue weighted by Crippen LogP contribution is -2.41. The fraction of sp³-hybridized carbons (Fsp3) is 0.522. The zero-order valence-corrected chi connectivity index (χ0v) is 19.7. The lowest BCUT2D eigenvalue weighted by molar-refractivity contribution is -0.133. The zero-order valence-electron chi connectivity index (χ0n) is 18.8. The summed E-state index contributed by atoms with van der Waals surface area (Å²) in [5.74, 6) is -3.70. The van der Waals surface area contributed by atoms with Crippen LogP contribution in [-0.2, 0) is 4.79 Å². The summed E-state index contributed by atoms with van der Waals surface area (Å²) < 4.78 is 53.9. The minimum absolute atomic E-state index is 0.0670. The van der Waals surface area contributed by atoms with E-state index in [4.69, 9.17) is 9.68 Å². The quantitative estimate of drug-likeness (QED) is 0.527. The van der Waals surface area contributed by atoms with Crippen LogP contribution < -0.4 is 10.2 Å². The van der Waals surface area contributed by atoms with E-state index in [1.165, 1.54) is 0 Å². The minimum atomic E-state index is -2.96. The number of alkyl halides is 2. The van der Waals surface area contributed by atoms with Crippen LogP contribution in [0.25, 0.3) is 11.3 Å². The zero-order chi connectivity index (χ0) is 24.5. The van der Waals surface area contributed by atoms with E-state index < -0.39 is 40.7 Å². The number of benzene rings is 1. The van der Waals surface area contributed by atoms with Crippen molar-refractivity contribution in [3.05, 3.63) is 35.9 Å². The number of oxazole rings is 1. The lowest BCUT2D eigenvalue weighted by atomic mass is 9.74. The minimum Gasteiger partial charge on any atom is -0.445 e. The normalized spacial score (nSPS) is 24.8. The maximum atomic E-state index is 14.2. The molecule has 1 aliphatic heterocycles. The van der Waals surface area contributed by atoms with E-state index in [1.54, 1.807) is 13.0 Å². The maximum Gasteiger partial charge on any atom is 0.249 e. The first-order chi connectivity index (χ1) is 16.1. The van der Waals surface area contributed by atoms with Gasteiger partial charge < -0.3 is 14.6 Å². The van der Waals surface area contributed by atoms with Crippen LogP contribution in [0.1, 0.15) is 36.8 Å². The predicted molar refractivity (Wildman–Crippen MR) is 125 cm³/mol. The molecule has 0 radical (unpaired) electrons. The fourth-order valence-corrected chi connectivity index (χ4v) is 5.93. The van der Waals surface area contributed by atoms with Crippen molar-refractivity contribution < 1.29 is 27.1 Å². The highest BCUT2D eigenvalue weighted by molar-refractivity contribution is 8.24. The summed E-state index contributed by atoms with van der Waals surface area (Å²) in [6, 6.07) is 9.36. The van der Waals surface area contributed by atoms with Crippen LogP contribution in [0, 0.1) is 24.2 Å². The number of aryl methyl sites for hydroxylation is 1. The average Bonchev–Trinajstić information content (AvgIpc) is 3.18. The SMILES string of the molecule is Cc1nc(-c2ccc(N3CCS(O)(O)CC3)cc2)c([C@@H]2CCC(F)(F)C[C@H]2C(=O)NCC#N)o1. The molecule has 3 N–H and O–H groups in total. The van der Waals surface area contributed by atoms with Gasteiger partial charge >= 0.3 is 0 Å². The number of halogens is 2. The molecule has 184 valence electrons. The largest absolute Gasteiger partial charge is 0.445 e. The van der Waals surface area contributed by atoms with Gasteiger partial charge in [-0.05, 0) is 18.6 Å². The Morgan fingerprint density at radius 2 is 2.00 bits per heavy atom. The Balaban J connectivity index is 1.59. The van der Waals surface area contributed by atoms with Crippen LogP contribution in [0.15, 0.2) is 28.7 Å². The third-order valence-electron chi connectivity index (χ3n) is 6.48. The van der Waals surface area contributed by atoms with Gasteiger partial charge in [0.15, 0.2) is 5.89 Å². The highest BCUT2D eigenvalue weighted by Crippen LogP contribution is 2.47. The van der Waals surface area contributed by atoms with Crippen molar-refractivity contribution in [3.63, 3.8) is 0 Å². The van der Waals surface area contributed by atoms with Gasteiger partial charge in [-0.25, -0.2) is 13.8 Å². The Kier molecular flexibility index (Phi) is 6.85. The summed E-state index contributed by atoms with van der Waals surface area (Å²) in [5, 5.41) is 11.2. The molecule has 1 aliphatic carbocycles. The number of hydrogen-bond acceptors (Lipinski definition) is 7. The predicted octanol–water partition coefficient (Wildman–Crippen LogP) is 4.38. The van der Waals surface area contributed by atoms with Crippen LogP contribution in [0.2, 0.25) is 0 Å². The summed E-state index contributed by atoms with van der Waals surface area (Å²) in [6.07, 6.45) is -0.898. The van der Waals surface area contributed by atoms with Crippen molar-refractivity contribution in [3.8, 4) is 17.3 Å². The number of anilines is 1. The second kappa shape index (κ2) is 9.52. The molecule has 11 heteroatoms. The molecular weight excluding hydrogens is 466 g/mol. The topological polar surface area (TPSA) is 123 Å². The molecule has 1 aromatic heterocycles. The van der Waals surface area contributed by atoms with Crippen molar-refractivity contribution in [2.75, 3.05) is 36.0 Å². The Hall–Kier alpha value is -2.68. The first kappa shape index (κ1) is 24.4. The van der Waals surface area contributed by atoms with E-state index >= 15 is 0 Å². The molecule has 0 spiro atoms. The lowest BCUT2D eigenvalue weighted by Gasteiger charge is -2.41. The van der Waals surface area contributed by atoms with Crippen molar-refractivity contribution in [1.29, 1.82) is 5.26 Å². The molecule has 1 saturated carbocycles. The first-order valence-corrected chi connectivity index (χ1v) is 13.1. The van der Waals surface area contributed by atoms with Gasteiger partial charge in [-0.2, -0.15) is 15.9 Å². The van der Waals surface area contributed by atoms with Crippen molar-refractivity contribution in [1.82, 2.24) is 10.3 Å². The molecule has 2 fully saturated rings. The molecule has 2 aliphatic rings. The van der Waals surface area contributed by atoms with Gasteiger partial charge in [0.2, 0.25) is 11.8 Å². The highest BCUT2D eigenvalue weighted by atomic mass is 32.3. The number of nitriles is 1. The molecule has 1 saturated heterocycles. The second-order valence-electron chi connectivity index (χ2n) is 8.88. The molecule has 2 atom stereocenters. The number of carbonyl (C=O) groups is 1. The van der Waals surface area contributed by atoms with E-state index in [-0.39, 0.29) is 19.4 Å². The Morgan fingerprint density at radius 3 is 2.65 bits per heavy atom. The molecule has 34 heavy (non-hydrogen) atoms. The number of amides is 1. The summed E-state index contributed by atoms with van der Waals surface area (Å²) in [6.45, 7) is 2.52. The van der Waals surface area contributed by atoms with Crippen LogP contribution in [0.4, 0.5) is 14.5 Å². The number of nitrogens with one attached hydrogen (secondary N) is 1. The van der Waals surface area contributed by atoms with Crippen LogP contribution in [0.3, 0.4) is 0 Å². The third kappa shape index (κ3) is 5.35. The molecule has 1 amide bonds. The number of nitrogens with zero attached hydrogens (tertiary/aromatic N) is 3. The summed E-state index contributed by atoms with van der Waals surface area (Å²) in [5.41, 5.74) is 2.20. The van der Waals surface area contributed by atoms with E-state index in [2.05, 4.69) is 15.2 Å². The van der Waals surface area contributed by atoms with Gasteiger partial charge in [-0.3, -0.25) is 13.9 Å². The summed E-state index contributed by atoms with van der Waals surface area (Å²) >= 11 is 0. The summed E-state index contributed by atoms with van der Waals surface area (Å²) in [7, 11) is -2.48. The number of aromatic nitrogens is 1. The van der Waals surface area contributed by atoms with Gasteiger partial charge in [0.25, 0.3) is 0 Å². The van der Waals surface area contributed by atoms with E-state index in [0.717, 1.165) is 11.3 Å². The average molecular weight is 495 g/mol. The summed E-state index contributed by atoms with van der Waals surface area (Å²) in [4.78, 5) is 19.2. The van der Waals surface area contributed by atoms with Crippen molar-refractivity contribution in [2.24, 2.45) is 5.92 Å². The van der Waals surface area contributed by atoms with Gasteiger partial charge in [0, 0.05) is 50.0 Å². The van der Waals surface area contributed by atoms with E-state index in [1.807, 2.05) is 24.3 Å². The Labute approximate surface area is 198 Å². The van der Waals surface area contributed by atoms with Gasteiger partial charge in [-0.15, -0.1) is 0 Å². The van der Waals surface area contributed by atoms with E-state index in [0.29, 0.717) is 41.9 Å². The molecule has 2 heterocycles. The van der Waals surface area contributed by atoms with Crippen LogP contribution in [0.5, 0.6) is 0 Å². The first-order valence-electron chi connectivity index (χ1n) is 11.2. The van der Waals surface area contributed by atoms with Crippen LogP contribution in [-0.4, -0.2) is 57.1 Å². The molecule has 0 unspecified atom stereocenters. The molecule has 4 rings (SSSR count). The fourth-order valence-electron chi connectivity index (χ4n) is 4.70. The highest BCUT2D eigenvalue weighted by Gasteiger charge is 2.47. The number of hydrogen-bond donors (Lipinski definition) is 3. The second-order valence-corrected chi connectivity index (χ2v) is 11.3. The van der Waals surface area contributed by atoms with Crippen molar-refractivity contribution >= 4 is 22.2 Å². The Bertz CT molecular complexity index is 1070. The smallest absolute Gasteiger partial charge is 0.249 e. The Morgan fingerprint density at radius 1 is 1.32 bits per heavy atom. The van der Waals surface area contributed by atoms with Crippen molar-refractivity contribution in [2.45, 2.75) is 38.0 Å². The third-order valence-corrected chi connectivity index (χ3v) is 8.16. The maximum absolute atomic E-state index is 14.2. The van der Waals surface area contributed by atoms with Gasteiger partial charge in [0.1, 0.15) is 18.0 Å². The van der Waals surface area contributed by atoms with Gasteiger partial charge in [-0.1, -0.05) is 12.1 Å². The molecule has 2 aromatic rings. The monoisotopic (exact) mass is 494 g/mol.